The van der Waals surface area contributed by atoms with Gasteiger partial charge in [0.1, 0.15) is 11.2 Å². The smallest absolute Gasteiger partial charge is 0.123 e. The second kappa shape index (κ2) is 7.16. The summed E-state index contributed by atoms with van der Waals surface area (Å²) in [7, 11) is 0. The summed E-state index contributed by atoms with van der Waals surface area (Å²) in [6.45, 7) is 11.8. The fraction of sp³-hybridized carbons (Fsp3) is 0.875. The Bertz CT molecular complexity index is 292. The summed E-state index contributed by atoms with van der Waals surface area (Å²) >= 11 is 0. The van der Waals surface area contributed by atoms with Gasteiger partial charge in [-0.25, -0.2) is 0 Å². The van der Waals surface area contributed by atoms with Crippen LogP contribution in [0.2, 0.25) is 0 Å². The van der Waals surface area contributed by atoms with Gasteiger partial charge in [0.2, 0.25) is 0 Å². The van der Waals surface area contributed by atoms with Crippen LogP contribution >= 0.6 is 0 Å². The van der Waals surface area contributed by atoms with E-state index in [-0.39, 0.29) is 0 Å². The topological polar surface area (TPSA) is 40.5 Å². The predicted molar refractivity (Wildman–Crippen MR) is 77.2 cm³/mol. The molecule has 3 atom stereocenters. The standard InChI is InChI=1S/C16H30O2/c1-7-8-14(4)12-16(6,18)10-9-15(5,17)11-13(2)3/h13-14,17-18H,7-8,11-12H2,1-6H3. The van der Waals surface area contributed by atoms with Crippen LogP contribution in [0, 0.1) is 23.7 Å². The minimum absolute atomic E-state index is 0.387. The van der Waals surface area contributed by atoms with Crippen molar-refractivity contribution in [2.24, 2.45) is 11.8 Å². The van der Waals surface area contributed by atoms with Gasteiger partial charge in [0.25, 0.3) is 0 Å². The maximum absolute atomic E-state index is 10.2. The normalized spacial score (nSPS) is 19.6. The Kier molecular flexibility index (Phi) is 6.96. The molecule has 0 saturated carbocycles. The van der Waals surface area contributed by atoms with Gasteiger partial charge in [-0.1, -0.05) is 52.4 Å². The van der Waals surface area contributed by atoms with Crippen molar-refractivity contribution in [2.45, 2.75) is 78.4 Å². The van der Waals surface area contributed by atoms with Crippen molar-refractivity contribution >= 4 is 0 Å². The molecule has 0 spiro atoms. The van der Waals surface area contributed by atoms with Crippen LogP contribution in [0.3, 0.4) is 0 Å². The van der Waals surface area contributed by atoms with Crippen LogP contribution in [0.4, 0.5) is 0 Å². The van der Waals surface area contributed by atoms with E-state index < -0.39 is 11.2 Å². The molecular weight excluding hydrogens is 224 g/mol. The third kappa shape index (κ3) is 8.55. The summed E-state index contributed by atoms with van der Waals surface area (Å²) in [4.78, 5) is 0. The lowest BCUT2D eigenvalue weighted by Crippen LogP contribution is -2.28. The molecule has 3 unspecified atom stereocenters. The van der Waals surface area contributed by atoms with Crippen molar-refractivity contribution in [3.8, 4) is 11.8 Å². The monoisotopic (exact) mass is 254 g/mol. The maximum atomic E-state index is 10.2. The highest BCUT2D eigenvalue weighted by Gasteiger charge is 2.23. The minimum Gasteiger partial charge on any atom is -0.378 e. The SMILES string of the molecule is CCCC(C)CC(C)(O)C#CC(C)(O)CC(C)C. The van der Waals surface area contributed by atoms with Gasteiger partial charge in [0.05, 0.1) is 0 Å². The second-order valence-corrected chi connectivity index (χ2v) is 6.49. The molecule has 0 fully saturated rings. The van der Waals surface area contributed by atoms with E-state index in [0.717, 1.165) is 12.8 Å². The Morgan fingerprint density at radius 3 is 1.78 bits per heavy atom. The first-order valence-corrected chi connectivity index (χ1v) is 7.07. The second-order valence-electron chi connectivity index (χ2n) is 6.49. The lowest BCUT2D eigenvalue weighted by Gasteiger charge is -2.23. The Balaban J connectivity index is 4.56. The van der Waals surface area contributed by atoms with Crippen LogP contribution in [0.5, 0.6) is 0 Å². The molecule has 0 aliphatic carbocycles. The Hall–Kier alpha value is -0.520. The zero-order chi connectivity index (χ0) is 14.4. The first-order chi connectivity index (χ1) is 8.08. The van der Waals surface area contributed by atoms with Crippen molar-refractivity contribution in [2.75, 3.05) is 0 Å². The van der Waals surface area contributed by atoms with Crippen molar-refractivity contribution < 1.29 is 10.2 Å². The van der Waals surface area contributed by atoms with Crippen LogP contribution in [-0.2, 0) is 0 Å². The van der Waals surface area contributed by atoms with E-state index in [9.17, 15) is 10.2 Å². The average Bonchev–Trinajstić information content (AvgIpc) is 2.12. The first-order valence-electron chi connectivity index (χ1n) is 7.07. The number of aliphatic hydroxyl groups is 2. The lowest BCUT2D eigenvalue weighted by molar-refractivity contribution is 0.0834. The van der Waals surface area contributed by atoms with Gasteiger partial charge in [-0.2, -0.15) is 0 Å². The molecule has 2 heteroatoms. The highest BCUT2D eigenvalue weighted by Crippen LogP contribution is 2.21. The highest BCUT2D eigenvalue weighted by atomic mass is 16.3. The summed E-state index contributed by atoms with van der Waals surface area (Å²) in [5, 5.41) is 20.3. The zero-order valence-electron chi connectivity index (χ0n) is 12.9. The molecule has 0 aromatic carbocycles. The van der Waals surface area contributed by atoms with Gasteiger partial charge in [0, 0.05) is 0 Å². The van der Waals surface area contributed by atoms with E-state index in [1.54, 1.807) is 13.8 Å². The Morgan fingerprint density at radius 1 is 0.944 bits per heavy atom. The van der Waals surface area contributed by atoms with Gasteiger partial charge in [-0.05, 0) is 38.5 Å². The van der Waals surface area contributed by atoms with Crippen LogP contribution in [0.25, 0.3) is 0 Å². The summed E-state index contributed by atoms with van der Waals surface area (Å²) in [6.07, 6.45) is 3.50. The van der Waals surface area contributed by atoms with Crippen LogP contribution in [0.1, 0.15) is 67.2 Å². The highest BCUT2D eigenvalue weighted by molar-refractivity contribution is 5.19. The molecule has 0 aromatic heterocycles. The quantitative estimate of drug-likeness (QED) is 0.714. The zero-order valence-corrected chi connectivity index (χ0v) is 12.9. The molecule has 0 aliphatic heterocycles. The van der Waals surface area contributed by atoms with Gasteiger partial charge in [-0.15, -0.1) is 0 Å². The van der Waals surface area contributed by atoms with Crippen molar-refractivity contribution in [3.63, 3.8) is 0 Å². The minimum atomic E-state index is -1.01. The van der Waals surface area contributed by atoms with E-state index >= 15 is 0 Å². The summed E-state index contributed by atoms with van der Waals surface area (Å²) < 4.78 is 0. The maximum Gasteiger partial charge on any atom is 0.123 e. The lowest BCUT2D eigenvalue weighted by atomic mass is 9.89. The van der Waals surface area contributed by atoms with Crippen molar-refractivity contribution in [1.29, 1.82) is 0 Å². The molecule has 0 rings (SSSR count). The first kappa shape index (κ1) is 17.5. The molecular formula is C16H30O2. The predicted octanol–water partition coefficient (Wildman–Crippen LogP) is 3.36. The molecule has 0 saturated heterocycles. The van der Waals surface area contributed by atoms with E-state index in [4.69, 9.17) is 0 Å². The molecule has 0 aliphatic rings. The van der Waals surface area contributed by atoms with Crippen molar-refractivity contribution in [3.05, 3.63) is 0 Å². The van der Waals surface area contributed by atoms with Crippen LogP contribution < -0.4 is 0 Å². The van der Waals surface area contributed by atoms with E-state index in [0.29, 0.717) is 24.7 Å². The molecule has 106 valence electrons. The van der Waals surface area contributed by atoms with E-state index in [1.165, 1.54) is 0 Å². The molecule has 2 N–H and O–H groups in total. The molecule has 0 heterocycles. The third-order valence-electron chi connectivity index (χ3n) is 2.93. The fourth-order valence-corrected chi connectivity index (χ4v) is 2.44. The number of hydrogen-bond donors (Lipinski definition) is 2. The van der Waals surface area contributed by atoms with Crippen LogP contribution in [-0.4, -0.2) is 21.4 Å². The van der Waals surface area contributed by atoms with Gasteiger partial charge in [0.15, 0.2) is 0 Å². The third-order valence-corrected chi connectivity index (χ3v) is 2.93. The summed E-state index contributed by atoms with van der Waals surface area (Å²) in [6, 6.07) is 0. The number of rotatable bonds is 6. The largest absolute Gasteiger partial charge is 0.378 e. The Morgan fingerprint density at radius 2 is 1.39 bits per heavy atom. The molecule has 0 bridgehead atoms. The molecule has 2 nitrogen and oxygen atoms in total. The van der Waals surface area contributed by atoms with Crippen LogP contribution in [0.15, 0.2) is 0 Å². The molecule has 18 heavy (non-hydrogen) atoms. The van der Waals surface area contributed by atoms with E-state index in [2.05, 4.69) is 39.5 Å². The fourth-order valence-electron chi connectivity index (χ4n) is 2.44. The van der Waals surface area contributed by atoms with Gasteiger partial charge < -0.3 is 10.2 Å². The van der Waals surface area contributed by atoms with Gasteiger partial charge >= 0.3 is 0 Å². The molecule has 0 radical (unpaired) electrons. The number of hydrogen-bond acceptors (Lipinski definition) is 2. The van der Waals surface area contributed by atoms with E-state index in [1.807, 2.05) is 0 Å². The average molecular weight is 254 g/mol. The Labute approximate surface area is 113 Å². The van der Waals surface area contributed by atoms with Gasteiger partial charge in [-0.3, -0.25) is 0 Å². The molecule has 0 aromatic rings. The molecule has 0 amide bonds. The summed E-state index contributed by atoms with van der Waals surface area (Å²) in [5.41, 5.74) is -2.01. The van der Waals surface area contributed by atoms with Crippen molar-refractivity contribution in [1.82, 2.24) is 0 Å². The summed E-state index contributed by atoms with van der Waals surface area (Å²) in [5.74, 6) is 6.52.